The zero-order valence-corrected chi connectivity index (χ0v) is 10.9. The molecule has 0 saturated carbocycles. The molecule has 1 saturated heterocycles. The van der Waals surface area contributed by atoms with Crippen LogP contribution in [0.3, 0.4) is 0 Å². The lowest BCUT2D eigenvalue weighted by atomic mass is 10.2. The Bertz CT molecular complexity index is 323. The van der Waals surface area contributed by atoms with E-state index in [9.17, 15) is 9.59 Å². The minimum atomic E-state index is -0.271. The average Bonchev–Trinajstić information content (AvgIpc) is 2.71. The van der Waals surface area contributed by atoms with Gasteiger partial charge in [0.05, 0.1) is 0 Å². The largest absolute Gasteiger partial charge is 0.459 e. The number of carbonyl (C=O) groups is 2. The van der Waals surface area contributed by atoms with Gasteiger partial charge < -0.3 is 9.64 Å². The lowest BCUT2D eigenvalue weighted by molar-refractivity contribution is -0.143. The molecular formula is C13H21NO3. The smallest absolute Gasteiger partial charge is 0.333 e. The summed E-state index contributed by atoms with van der Waals surface area (Å²) < 4.78 is 5.25. The third kappa shape index (κ3) is 4.21. The first kappa shape index (κ1) is 13.7. The van der Waals surface area contributed by atoms with E-state index < -0.39 is 0 Å². The van der Waals surface area contributed by atoms with Crippen molar-refractivity contribution in [1.82, 2.24) is 4.90 Å². The highest BCUT2D eigenvalue weighted by atomic mass is 16.5. The van der Waals surface area contributed by atoms with E-state index in [1.165, 1.54) is 0 Å². The van der Waals surface area contributed by atoms with Crippen molar-refractivity contribution in [2.24, 2.45) is 0 Å². The van der Waals surface area contributed by atoms with Gasteiger partial charge in [-0.25, -0.2) is 4.79 Å². The standard InChI is InChI=1S/C13H21NO3/c1-4-10(2)13(16)17-11(3)7-9-14-8-5-6-12(14)15/h4,11H,5-9H2,1-3H3. The number of ether oxygens (including phenoxy) is 1. The molecule has 1 fully saturated rings. The topological polar surface area (TPSA) is 46.6 Å². The van der Waals surface area contributed by atoms with E-state index in [1.807, 2.05) is 18.7 Å². The number of esters is 1. The van der Waals surface area contributed by atoms with Crippen molar-refractivity contribution in [3.05, 3.63) is 11.6 Å². The summed E-state index contributed by atoms with van der Waals surface area (Å²) in [5.41, 5.74) is 0.620. The van der Waals surface area contributed by atoms with Crippen LogP contribution in [0.15, 0.2) is 11.6 Å². The fraction of sp³-hybridized carbons (Fsp3) is 0.692. The monoisotopic (exact) mass is 239 g/mol. The highest BCUT2D eigenvalue weighted by Crippen LogP contribution is 2.12. The maximum Gasteiger partial charge on any atom is 0.333 e. The van der Waals surface area contributed by atoms with Gasteiger partial charge in [0, 0.05) is 31.5 Å². The Labute approximate surface area is 103 Å². The van der Waals surface area contributed by atoms with Crippen molar-refractivity contribution in [2.45, 2.75) is 46.1 Å². The summed E-state index contributed by atoms with van der Waals surface area (Å²) in [5.74, 6) is -0.0547. The Kier molecular flexibility index (Phi) is 5.19. The molecule has 0 spiro atoms. The maximum atomic E-state index is 11.5. The van der Waals surface area contributed by atoms with Crippen LogP contribution in [0.2, 0.25) is 0 Å². The molecule has 0 aromatic carbocycles. The first-order chi connectivity index (χ1) is 8.04. The van der Waals surface area contributed by atoms with Crippen LogP contribution in [0.1, 0.15) is 40.0 Å². The summed E-state index contributed by atoms with van der Waals surface area (Å²) in [6.07, 6.45) is 3.90. The molecule has 1 atom stereocenters. The van der Waals surface area contributed by atoms with Gasteiger partial charge in [0.2, 0.25) is 5.91 Å². The molecular weight excluding hydrogens is 218 g/mol. The highest BCUT2D eigenvalue weighted by Gasteiger charge is 2.21. The van der Waals surface area contributed by atoms with Crippen LogP contribution < -0.4 is 0 Å². The zero-order valence-electron chi connectivity index (χ0n) is 10.9. The lowest BCUT2D eigenvalue weighted by Crippen LogP contribution is -2.29. The number of nitrogens with zero attached hydrogens (tertiary/aromatic N) is 1. The summed E-state index contributed by atoms with van der Waals surface area (Å²) in [6.45, 7) is 6.93. The van der Waals surface area contributed by atoms with Crippen molar-refractivity contribution in [2.75, 3.05) is 13.1 Å². The molecule has 0 aromatic rings. The second-order valence-electron chi connectivity index (χ2n) is 4.46. The van der Waals surface area contributed by atoms with E-state index in [0.29, 0.717) is 25.0 Å². The number of likely N-dealkylation sites (tertiary alicyclic amines) is 1. The molecule has 1 rings (SSSR count). The predicted molar refractivity (Wildman–Crippen MR) is 65.4 cm³/mol. The Hall–Kier alpha value is -1.32. The molecule has 0 aliphatic carbocycles. The minimum Gasteiger partial charge on any atom is -0.459 e. The molecule has 0 N–H and O–H groups in total. The van der Waals surface area contributed by atoms with E-state index in [2.05, 4.69) is 0 Å². The summed E-state index contributed by atoms with van der Waals surface area (Å²) in [4.78, 5) is 24.7. The first-order valence-electron chi connectivity index (χ1n) is 6.16. The number of amides is 1. The fourth-order valence-corrected chi connectivity index (χ4v) is 1.73. The Morgan fingerprint density at radius 1 is 1.59 bits per heavy atom. The van der Waals surface area contributed by atoms with Crippen LogP contribution >= 0.6 is 0 Å². The lowest BCUT2D eigenvalue weighted by Gasteiger charge is -2.19. The van der Waals surface area contributed by atoms with Gasteiger partial charge >= 0.3 is 5.97 Å². The van der Waals surface area contributed by atoms with Crippen LogP contribution in [-0.2, 0) is 14.3 Å². The molecule has 4 nitrogen and oxygen atoms in total. The highest BCUT2D eigenvalue weighted by molar-refractivity contribution is 5.87. The van der Waals surface area contributed by atoms with Gasteiger partial charge in [-0.2, -0.15) is 0 Å². The summed E-state index contributed by atoms with van der Waals surface area (Å²) in [5, 5.41) is 0. The van der Waals surface area contributed by atoms with E-state index in [1.54, 1.807) is 13.0 Å². The summed E-state index contributed by atoms with van der Waals surface area (Å²) >= 11 is 0. The Morgan fingerprint density at radius 3 is 2.82 bits per heavy atom. The number of hydrogen-bond donors (Lipinski definition) is 0. The number of carbonyl (C=O) groups excluding carboxylic acids is 2. The molecule has 96 valence electrons. The molecule has 4 heteroatoms. The van der Waals surface area contributed by atoms with Crippen LogP contribution in [0.4, 0.5) is 0 Å². The number of allylic oxidation sites excluding steroid dienone is 1. The molecule has 1 heterocycles. The first-order valence-corrected chi connectivity index (χ1v) is 6.16. The summed E-state index contributed by atoms with van der Waals surface area (Å²) in [7, 11) is 0. The normalized spacial score (nSPS) is 18.4. The summed E-state index contributed by atoms with van der Waals surface area (Å²) in [6, 6.07) is 0. The molecule has 1 amide bonds. The molecule has 1 aliphatic heterocycles. The van der Waals surface area contributed by atoms with Gasteiger partial charge in [-0.3, -0.25) is 4.79 Å². The van der Waals surface area contributed by atoms with Gasteiger partial charge in [0.15, 0.2) is 0 Å². The molecule has 0 radical (unpaired) electrons. The van der Waals surface area contributed by atoms with Crippen molar-refractivity contribution >= 4 is 11.9 Å². The second-order valence-corrected chi connectivity index (χ2v) is 4.46. The average molecular weight is 239 g/mol. The van der Waals surface area contributed by atoms with Crippen LogP contribution in [0, 0.1) is 0 Å². The third-order valence-corrected chi connectivity index (χ3v) is 3.04. The number of rotatable bonds is 5. The van der Waals surface area contributed by atoms with Gasteiger partial charge in [0.1, 0.15) is 6.10 Å². The van der Waals surface area contributed by atoms with E-state index in [-0.39, 0.29) is 18.0 Å². The fourth-order valence-electron chi connectivity index (χ4n) is 1.73. The third-order valence-electron chi connectivity index (χ3n) is 3.04. The Balaban J connectivity index is 2.27. The van der Waals surface area contributed by atoms with Crippen molar-refractivity contribution < 1.29 is 14.3 Å². The molecule has 17 heavy (non-hydrogen) atoms. The predicted octanol–water partition coefficient (Wildman–Crippen LogP) is 1.90. The molecule has 0 bridgehead atoms. The van der Waals surface area contributed by atoms with Crippen molar-refractivity contribution in [1.29, 1.82) is 0 Å². The van der Waals surface area contributed by atoms with Crippen LogP contribution in [0.25, 0.3) is 0 Å². The van der Waals surface area contributed by atoms with E-state index in [4.69, 9.17) is 4.74 Å². The van der Waals surface area contributed by atoms with Crippen molar-refractivity contribution in [3.63, 3.8) is 0 Å². The second kappa shape index (κ2) is 6.42. The number of hydrogen-bond acceptors (Lipinski definition) is 3. The minimum absolute atomic E-state index is 0.147. The van der Waals surface area contributed by atoms with Crippen LogP contribution in [0.5, 0.6) is 0 Å². The maximum absolute atomic E-state index is 11.5. The van der Waals surface area contributed by atoms with Crippen LogP contribution in [-0.4, -0.2) is 36.0 Å². The Morgan fingerprint density at radius 2 is 2.29 bits per heavy atom. The van der Waals surface area contributed by atoms with Gasteiger partial charge in [-0.05, 0) is 27.2 Å². The van der Waals surface area contributed by atoms with E-state index in [0.717, 1.165) is 13.0 Å². The molecule has 0 aromatic heterocycles. The van der Waals surface area contributed by atoms with Crippen molar-refractivity contribution in [3.8, 4) is 0 Å². The SMILES string of the molecule is CC=C(C)C(=O)OC(C)CCN1CCCC1=O. The quantitative estimate of drug-likeness (QED) is 0.543. The molecule has 1 aliphatic rings. The molecule has 1 unspecified atom stereocenters. The van der Waals surface area contributed by atoms with Gasteiger partial charge in [-0.1, -0.05) is 6.08 Å². The van der Waals surface area contributed by atoms with E-state index >= 15 is 0 Å². The van der Waals surface area contributed by atoms with Gasteiger partial charge in [-0.15, -0.1) is 0 Å². The van der Waals surface area contributed by atoms with Gasteiger partial charge in [0.25, 0.3) is 0 Å². The zero-order chi connectivity index (χ0) is 12.8.